The van der Waals surface area contributed by atoms with E-state index in [0.717, 1.165) is 12.2 Å². The summed E-state index contributed by atoms with van der Waals surface area (Å²) in [4.78, 5) is 26.6. The quantitative estimate of drug-likeness (QED) is 0.185. The number of hydrogen-bond acceptors (Lipinski definition) is 6. The van der Waals surface area contributed by atoms with Gasteiger partial charge in [-0.05, 0) is 13.8 Å². The van der Waals surface area contributed by atoms with Crippen molar-refractivity contribution in [3.63, 3.8) is 0 Å². The van der Waals surface area contributed by atoms with Crippen LogP contribution in [-0.2, 0) is 23.9 Å². The van der Waals surface area contributed by atoms with Crippen LogP contribution >= 0.6 is 0 Å². The van der Waals surface area contributed by atoms with Crippen LogP contribution in [0.4, 0.5) is 0 Å². The van der Waals surface area contributed by atoms with Gasteiger partial charge in [0.15, 0.2) is 5.84 Å². The Labute approximate surface area is 105 Å². The summed E-state index contributed by atoms with van der Waals surface area (Å²) < 4.78 is 9.58. The summed E-state index contributed by atoms with van der Waals surface area (Å²) in [7, 11) is 0. The smallest absolute Gasteiger partial charge is 0.358 e. The van der Waals surface area contributed by atoms with E-state index in [1.54, 1.807) is 6.92 Å². The van der Waals surface area contributed by atoms with E-state index in [2.05, 4.69) is 14.7 Å². The molecule has 0 aliphatic carbocycles. The molecule has 0 aromatic heterocycles. The predicted molar refractivity (Wildman–Crippen MR) is 62.4 cm³/mol. The molecule has 1 fully saturated rings. The van der Waals surface area contributed by atoms with Crippen molar-refractivity contribution < 1.29 is 23.9 Å². The topological polar surface area (TPSA) is 100 Å². The molecule has 0 radical (unpaired) electrons. The van der Waals surface area contributed by atoms with Crippen LogP contribution in [0, 0.1) is 5.41 Å². The van der Waals surface area contributed by atoms with Gasteiger partial charge in [0.2, 0.25) is 0 Å². The zero-order valence-corrected chi connectivity index (χ0v) is 10.3. The molecule has 0 aromatic rings. The monoisotopic (exact) mass is 256 g/mol. The second kappa shape index (κ2) is 6.15. The lowest BCUT2D eigenvalue weighted by atomic mass is 9.87. The largest absolute Gasteiger partial charge is 0.463 e. The number of oxime groups is 1. The summed E-state index contributed by atoms with van der Waals surface area (Å²) in [6.45, 7) is 4.63. The third-order valence-electron chi connectivity index (χ3n) is 2.34. The summed E-state index contributed by atoms with van der Waals surface area (Å²) in [5.41, 5.74) is 5.26. The first-order chi connectivity index (χ1) is 8.48. The van der Waals surface area contributed by atoms with Crippen molar-refractivity contribution in [1.29, 1.82) is 0 Å². The molecular weight excluding hydrogens is 240 g/mol. The molecule has 0 spiro atoms. The van der Waals surface area contributed by atoms with E-state index < -0.39 is 11.9 Å². The Morgan fingerprint density at radius 2 is 2.00 bits per heavy atom. The molecule has 7 nitrogen and oxygen atoms in total. The standard InChI is InChI=1S/C11H16N2O5/c1-3-17-8(14)4-5-9(15)18-13-10(12)11(2)6-16-7-11/h4-5H,3,6-7H2,1-2H3,(H2,12,13)/b5-4+. The lowest BCUT2D eigenvalue weighted by molar-refractivity contribution is -0.140. The van der Waals surface area contributed by atoms with Crippen molar-refractivity contribution in [3.05, 3.63) is 12.2 Å². The second-order valence-corrected chi connectivity index (χ2v) is 4.03. The maximum Gasteiger partial charge on any atom is 0.358 e. The van der Waals surface area contributed by atoms with Crippen LogP contribution in [-0.4, -0.2) is 37.6 Å². The van der Waals surface area contributed by atoms with Crippen LogP contribution in [0.2, 0.25) is 0 Å². The Balaban J connectivity index is 2.41. The highest BCUT2D eigenvalue weighted by Gasteiger charge is 2.38. The predicted octanol–water partition coefficient (Wildman–Crippen LogP) is -0.0424. The number of amidine groups is 1. The molecule has 1 aliphatic heterocycles. The number of carbonyl (C=O) groups excluding carboxylic acids is 2. The summed E-state index contributed by atoms with van der Waals surface area (Å²) in [6, 6.07) is 0. The van der Waals surface area contributed by atoms with Gasteiger partial charge in [0.1, 0.15) is 0 Å². The van der Waals surface area contributed by atoms with Crippen molar-refractivity contribution in [2.45, 2.75) is 13.8 Å². The Morgan fingerprint density at radius 3 is 2.50 bits per heavy atom. The van der Waals surface area contributed by atoms with E-state index in [0.29, 0.717) is 13.2 Å². The van der Waals surface area contributed by atoms with Gasteiger partial charge >= 0.3 is 11.9 Å². The van der Waals surface area contributed by atoms with Crippen molar-refractivity contribution in [2.75, 3.05) is 19.8 Å². The van der Waals surface area contributed by atoms with E-state index in [1.165, 1.54) is 0 Å². The number of esters is 1. The molecule has 18 heavy (non-hydrogen) atoms. The minimum absolute atomic E-state index is 0.187. The third kappa shape index (κ3) is 3.85. The highest BCUT2D eigenvalue weighted by atomic mass is 16.7. The van der Waals surface area contributed by atoms with Gasteiger partial charge in [-0.1, -0.05) is 5.16 Å². The molecule has 100 valence electrons. The molecule has 0 unspecified atom stereocenters. The zero-order valence-electron chi connectivity index (χ0n) is 10.3. The summed E-state index contributed by atoms with van der Waals surface area (Å²) in [6.07, 6.45) is 1.89. The molecule has 1 heterocycles. The normalized spacial score (nSPS) is 18.2. The van der Waals surface area contributed by atoms with Gasteiger partial charge in [-0.2, -0.15) is 0 Å². The van der Waals surface area contributed by atoms with Crippen LogP contribution < -0.4 is 5.73 Å². The van der Waals surface area contributed by atoms with E-state index in [-0.39, 0.29) is 17.9 Å². The molecule has 0 aromatic carbocycles. The van der Waals surface area contributed by atoms with Gasteiger partial charge in [-0.25, -0.2) is 9.59 Å². The van der Waals surface area contributed by atoms with Crippen LogP contribution in [0.3, 0.4) is 0 Å². The Morgan fingerprint density at radius 1 is 1.39 bits per heavy atom. The minimum Gasteiger partial charge on any atom is -0.463 e. The van der Waals surface area contributed by atoms with Gasteiger partial charge in [-0.15, -0.1) is 0 Å². The Bertz CT molecular complexity index is 385. The number of carbonyl (C=O) groups is 2. The van der Waals surface area contributed by atoms with Crippen molar-refractivity contribution >= 4 is 17.8 Å². The van der Waals surface area contributed by atoms with E-state index in [1.807, 2.05) is 6.92 Å². The molecule has 1 rings (SSSR count). The number of nitrogens with zero attached hydrogens (tertiary/aromatic N) is 1. The Hall–Kier alpha value is -1.89. The van der Waals surface area contributed by atoms with Gasteiger partial charge in [0.25, 0.3) is 0 Å². The number of nitrogens with two attached hydrogens (primary N) is 1. The highest BCUT2D eigenvalue weighted by Crippen LogP contribution is 2.26. The number of rotatable bonds is 5. The fourth-order valence-corrected chi connectivity index (χ4v) is 1.12. The average molecular weight is 256 g/mol. The summed E-state index contributed by atoms with van der Waals surface area (Å²) in [5.74, 6) is -1.23. The van der Waals surface area contributed by atoms with Crippen molar-refractivity contribution in [1.82, 2.24) is 0 Å². The van der Waals surface area contributed by atoms with Gasteiger partial charge < -0.3 is 20.0 Å². The lowest BCUT2D eigenvalue weighted by Crippen LogP contribution is -2.50. The molecule has 0 atom stereocenters. The van der Waals surface area contributed by atoms with E-state index >= 15 is 0 Å². The van der Waals surface area contributed by atoms with Gasteiger partial charge in [0, 0.05) is 12.2 Å². The van der Waals surface area contributed by atoms with Crippen molar-refractivity contribution in [3.8, 4) is 0 Å². The lowest BCUT2D eigenvalue weighted by Gasteiger charge is -2.36. The minimum atomic E-state index is -0.796. The fraction of sp³-hybridized carbons (Fsp3) is 0.545. The van der Waals surface area contributed by atoms with Crippen molar-refractivity contribution in [2.24, 2.45) is 16.3 Å². The number of hydrogen-bond donors (Lipinski definition) is 1. The average Bonchev–Trinajstić information content (AvgIpc) is 2.30. The second-order valence-electron chi connectivity index (χ2n) is 4.03. The molecule has 1 aliphatic rings. The van der Waals surface area contributed by atoms with Gasteiger partial charge in [-0.3, -0.25) is 0 Å². The SMILES string of the molecule is CCOC(=O)/C=C/C(=O)O/N=C(\N)C1(C)COC1. The zero-order chi connectivity index (χ0) is 13.6. The maximum atomic E-state index is 11.2. The molecule has 0 amide bonds. The first kappa shape index (κ1) is 14.2. The van der Waals surface area contributed by atoms with E-state index in [9.17, 15) is 9.59 Å². The first-order valence-electron chi connectivity index (χ1n) is 5.45. The van der Waals surface area contributed by atoms with Crippen LogP contribution in [0.5, 0.6) is 0 Å². The summed E-state index contributed by atoms with van der Waals surface area (Å²) >= 11 is 0. The third-order valence-corrected chi connectivity index (χ3v) is 2.34. The fourth-order valence-electron chi connectivity index (χ4n) is 1.12. The molecular formula is C11H16N2O5. The van der Waals surface area contributed by atoms with Crippen LogP contribution in [0.15, 0.2) is 17.3 Å². The van der Waals surface area contributed by atoms with Crippen LogP contribution in [0.25, 0.3) is 0 Å². The van der Waals surface area contributed by atoms with Gasteiger partial charge in [0.05, 0.1) is 25.2 Å². The Kier molecular flexibility index (Phi) is 4.85. The highest BCUT2D eigenvalue weighted by molar-refractivity contribution is 5.92. The number of ether oxygens (including phenoxy) is 2. The maximum absolute atomic E-state index is 11.2. The summed E-state index contributed by atoms with van der Waals surface area (Å²) in [5, 5.41) is 3.50. The first-order valence-corrected chi connectivity index (χ1v) is 5.45. The molecule has 0 saturated carbocycles. The van der Waals surface area contributed by atoms with E-state index in [4.69, 9.17) is 10.5 Å². The molecule has 0 bridgehead atoms. The molecule has 2 N–H and O–H groups in total. The molecule has 1 saturated heterocycles. The van der Waals surface area contributed by atoms with Crippen LogP contribution in [0.1, 0.15) is 13.8 Å². The molecule has 7 heteroatoms.